The van der Waals surface area contributed by atoms with E-state index in [1.807, 2.05) is 30.3 Å². The highest BCUT2D eigenvalue weighted by molar-refractivity contribution is 5.20. The quantitative estimate of drug-likeness (QED) is 0.670. The molecule has 0 spiro atoms. The largest absolute Gasteiger partial charge is 0.492 e. The van der Waals surface area contributed by atoms with E-state index in [4.69, 9.17) is 4.74 Å². The molecule has 100 valence electrons. The fraction of sp³-hybridized carbons (Fsp3) is 0.500. The molecule has 18 heavy (non-hydrogen) atoms. The van der Waals surface area contributed by atoms with Gasteiger partial charge in [-0.3, -0.25) is 0 Å². The van der Waals surface area contributed by atoms with E-state index >= 15 is 0 Å². The van der Waals surface area contributed by atoms with Crippen LogP contribution in [0.15, 0.2) is 42.5 Å². The SMILES string of the molecule is C=C(C)CCC(COc1ccccc1)NCCC. The predicted octanol–water partition coefficient (Wildman–Crippen LogP) is 3.79. The van der Waals surface area contributed by atoms with Gasteiger partial charge in [-0.25, -0.2) is 0 Å². The van der Waals surface area contributed by atoms with Crippen molar-refractivity contribution in [2.45, 2.75) is 39.2 Å². The lowest BCUT2D eigenvalue weighted by Crippen LogP contribution is -2.35. The Hall–Kier alpha value is -1.28. The zero-order valence-corrected chi connectivity index (χ0v) is 11.6. The number of allylic oxidation sites excluding steroid dienone is 1. The molecule has 0 radical (unpaired) electrons. The second-order valence-corrected chi connectivity index (χ2v) is 4.77. The smallest absolute Gasteiger partial charge is 0.119 e. The van der Waals surface area contributed by atoms with Gasteiger partial charge in [0.2, 0.25) is 0 Å². The summed E-state index contributed by atoms with van der Waals surface area (Å²) in [5.41, 5.74) is 1.23. The Balaban J connectivity index is 2.37. The number of para-hydroxylation sites is 1. The third-order valence-electron chi connectivity index (χ3n) is 2.80. The summed E-state index contributed by atoms with van der Waals surface area (Å²) in [4.78, 5) is 0. The second-order valence-electron chi connectivity index (χ2n) is 4.77. The van der Waals surface area contributed by atoms with Gasteiger partial charge in [-0.05, 0) is 44.9 Å². The Kier molecular flexibility index (Phi) is 7.19. The summed E-state index contributed by atoms with van der Waals surface area (Å²) in [5.74, 6) is 0.941. The summed E-state index contributed by atoms with van der Waals surface area (Å²) in [7, 11) is 0. The van der Waals surface area contributed by atoms with Crippen LogP contribution >= 0.6 is 0 Å². The molecular formula is C16H25NO. The Bertz CT molecular complexity index is 334. The topological polar surface area (TPSA) is 21.3 Å². The van der Waals surface area contributed by atoms with Crippen molar-refractivity contribution in [1.29, 1.82) is 0 Å². The number of rotatable bonds is 9. The van der Waals surface area contributed by atoms with Gasteiger partial charge in [0.1, 0.15) is 12.4 Å². The summed E-state index contributed by atoms with van der Waals surface area (Å²) >= 11 is 0. The average molecular weight is 247 g/mol. The van der Waals surface area contributed by atoms with Crippen LogP contribution < -0.4 is 10.1 Å². The minimum Gasteiger partial charge on any atom is -0.492 e. The molecule has 0 saturated carbocycles. The molecule has 0 heterocycles. The third-order valence-corrected chi connectivity index (χ3v) is 2.80. The first-order valence-electron chi connectivity index (χ1n) is 6.78. The molecule has 1 unspecified atom stereocenters. The van der Waals surface area contributed by atoms with E-state index in [2.05, 4.69) is 25.7 Å². The first-order chi connectivity index (χ1) is 8.72. The monoisotopic (exact) mass is 247 g/mol. The van der Waals surface area contributed by atoms with E-state index in [0.29, 0.717) is 6.04 Å². The van der Waals surface area contributed by atoms with Gasteiger partial charge in [0, 0.05) is 6.04 Å². The molecule has 0 fully saturated rings. The molecule has 2 nitrogen and oxygen atoms in total. The zero-order chi connectivity index (χ0) is 13.2. The molecule has 1 rings (SSSR count). The summed E-state index contributed by atoms with van der Waals surface area (Å²) in [6.45, 7) is 9.98. The fourth-order valence-electron chi connectivity index (χ4n) is 1.73. The third kappa shape index (κ3) is 6.45. The van der Waals surface area contributed by atoms with Gasteiger partial charge in [-0.15, -0.1) is 6.58 Å². The maximum absolute atomic E-state index is 5.81. The van der Waals surface area contributed by atoms with Crippen LogP contribution in [0, 0.1) is 0 Å². The minimum absolute atomic E-state index is 0.404. The van der Waals surface area contributed by atoms with Crippen LogP contribution in [0.1, 0.15) is 33.1 Å². The fourth-order valence-corrected chi connectivity index (χ4v) is 1.73. The summed E-state index contributed by atoms with van der Waals surface area (Å²) in [6.07, 6.45) is 3.29. The predicted molar refractivity (Wildman–Crippen MR) is 78.1 cm³/mol. The van der Waals surface area contributed by atoms with Crippen LogP contribution in [-0.4, -0.2) is 19.2 Å². The lowest BCUT2D eigenvalue weighted by atomic mass is 10.1. The number of nitrogens with one attached hydrogen (secondary N) is 1. The molecule has 0 saturated heterocycles. The number of ether oxygens (including phenoxy) is 1. The van der Waals surface area contributed by atoms with Crippen LogP contribution in [0.4, 0.5) is 0 Å². The number of hydrogen-bond acceptors (Lipinski definition) is 2. The average Bonchev–Trinajstić information content (AvgIpc) is 2.39. The van der Waals surface area contributed by atoms with Crippen LogP contribution in [0.5, 0.6) is 5.75 Å². The first kappa shape index (κ1) is 14.8. The Morgan fingerprint density at radius 2 is 2.06 bits per heavy atom. The summed E-state index contributed by atoms with van der Waals surface area (Å²) < 4.78 is 5.81. The molecule has 1 N–H and O–H groups in total. The molecule has 0 aliphatic rings. The number of hydrogen-bond donors (Lipinski definition) is 1. The van der Waals surface area contributed by atoms with Crippen molar-refractivity contribution in [2.75, 3.05) is 13.2 Å². The molecule has 0 aliphatic carbocycles. The minimum atomic E-state index is 0.404. The van der Waals surface area contributed by atoms with Crippen LogP contribution in [-0.2, 0) is 0 Å². The molecule has 0 aromatic heterocycles. The van der Waals surface area contributed by atoms with Gasteiger partial charge < -0.3 is 10.1 Å². The van der Waals surface area contributed by atoms with Crippen molar-refractivity contribution in [3.63, 3.8) is 0 Å². The van der Waals surface area contributed by atoms with Crippen LogP contribution in [0.25, 0.3) is 0 Å². The molecule has 0 amide bonds. The van der Waals surface area contributed by atoms with Crippen molar-refractivity contribution in [3.8, 4) is 5.75 Å². The molecule has 2 heteroatoms. The van der Waals surface area contributed by atoms with Gasteiger partial charge in [0.25, 0.3) is 0 Å². The first-order valence-corrected chi connectivity index (χ1v) is 6.78. The van der Waals surface area contributed by atoms with Crippen molar-refractivity contribution in [3.05, 3.63) is 42.5 Å². The molecular weight excluding hydrogens is 222 g/mol. The van der Waals surface area contributed by atoms with E-state index in [0.717, 1.165) is 38.2 Å². The highest BCUT2D eigenvalue weighted by Crippen LogP contribution is 2.11. The molecule has 0 bridgehead atoms. The van der Waals surface area contributed by atoms with Gasteiger partial charge in [0.15, 0.2) is 0 Å². The Morgan fingerprint density at radius 3 is 2.67 bits per heavy atom. The highest BCUT2D eigenvalue weighted by Gasteiger charge is 2.08. The van der Waals surface area contributed by atoms with E-state index in [-0.39, 0.29) is 0 Å². The van der Waals surface area contributed by atoms with Crippen LogP contribution in [0.3, 0.4) is 0 Å². The maximum Gasteiger partial charge on any atom is 0.119 e. The maximum atomic E-state index is 5.81. The zero-order valence-electron chi connectivity index (χ0n) is 11.6. The Morgan fingerprint density at radius 1 is 1.33 bits per heavy atom. The van der Waals surface area contributed by atoms with E-state index in [1.165, 1.54) is 5.57 Å². The molecule has 0 aliphatic heterocycles. The van der Waals surface area contributed by atoms with Gasteiger partial charge in [-0.2, -0.15) is 0 Å². The normalized spacial score (nSPS) is 12.1. The second kappa shape index (κ2) is 8.76. The standard InChI is InChI=1S/C16H25NO/c1-4-12-17-15(11-10-14(2)3)13-18-16-8-6-5-7-9-16/h5-9,15,17H,2,4,10-13H2,1,3H3. The van der Waals surface area contributed by atoms with E-state index in [9.17, 15) is 0 Å². The lowest BCUT2D eigenvalue weighted by Gasteiger charge is -2.19. The van der Waals surface area contributed by atoms with Gasteiger partial charge in [-0.1, -0.05) is 30.7 Å². The Labute approximate surface area is 111 Å². The van der Waals surface area contributed by atoms with Crippen LogP contribution in [0.2, 0.25) is 0 Å². The van der Waals surface area contributed by atoms with Gasteiger partial charge in [0.05, 0.1) is 0 Å². The van der Waals surface area contributed by atoms with E-state index < -0.39 is 0 Å². The summed E-state index contributed by atoms with van der Waals surface area (Å²) in [5, 5.41) is 3.53. The summed E-state index contributed by atoms with van der Waals surface area (Å²) in [6, 6.07) is 10.4. The number of benzene rings is 1. The molecule has 1 aromatic rings. The van der Waals surface area contributed by atoms with Crippen molar-refractivity contribution >= 4 is 0 Å². The lowest BCUT2D eigenvalue weighted by molar-refractivity contribution is 0.257. The van der Waals surface area contributed by atoms with Gasteiger partial charge >= 0.3 is 0 Å². The molecule has 1 atom stereocenters. The van der Waals surface area contributed by atoms with Crippen molar-refractivity contribution < 1.29 is 4.74 Å². The van der Waals surface area contributed by atoms with E-state index in [1.54, 1.807) is 0 Å². The molecule has 1 aromatic carbocycles. The van der Waals surface area contributed by atoms with Crippen molar-refractivity contribution in [1.82, 2.24) is 5.32 Å². The van der Waals surface area contributed by atoms with Crippen molar-refractivity contribution in [2.24, 2.45) is 0 Å². The highest BCUT2D eigenvalue weighted by atomic mass is 16.5.